The molecule has 0 spiro atoms. The molecule has 6 nitrogen and oxygen atoms in total. The van der Waals surface area contributed by atoms with Crippen LogP contribution in [0, 0.1) is 0 Å². The van der Waals surface area contributed by atoms with Gasteiger partial charge in [-0.15, -0.1) is 11.8 Å². The van der Waals surface area contributed by atoms with Gasteiger partial charge < -0.3 is 15.4 Å². The summed E-state index contributed by atoms with van der Waals surface area (Å²) in [5, 5.41) is 5.39. The Hall–Kier alpha value is -2.80. The maximum Gasteiger partial charge on any atom is 0.338 e. The number of benzene rings is 2. The molecule has 134 valence electrons. The van der Waals surface area contributed by atoms with Gasteiger partial charge in [0.05, 0.1) is 17.0 Å². The van der Waals surface area contributed by atoms with E-state index in [1.807, 2.05) is 24.3 Å². The molecular formula is C19H18N2O4S. The Balaban J connectivity index is 1.55. The van der Waals surface area contributed by atoms with Crippen LogP contribution in [0.5, 0.6) is 0 Å². The molecule has 1 aliphatic heterocycles. The fourth-order valence-corrected chi connectivity index (χ4v) is 3.23. The van der Waals surface area contributed by atoms with Crippen molar-refractivity contribution in [3.05, 3.63) is 53.6 Å². The highest BCUT2D eigenvalue weighted by Gasteiger charge is 2.18. The number of carbonyl (C=O) groups excluding carboxylic acids is 3. The molecule has 0 saturated heterocycles. The molecule has 0 atom stereocenters. The molecular weight excluding hydrogens is 352 g/mol. The molecule has 0 aliphatic carbocycles. The summed E-state index contributed by atoms with van der Waals surface area (Å²) in [5.74, 6) is -0.782. The minimum Gasteiger partial charge on any atom is -0.452 e. The summed E-state index contributed by atoms with van der Waals surface area (Å²) in [4.78, 5) is 36.4. The molecule has 0 bridgehead atoms. The molecule has 3 rings (SSSR count). The molecule has 1 heterocycles. The van der Waals surface area contributed by atoms with E-state index >= 15 is 0 Å². The molecule has 2 amide bonds. The van der Waals surface area contributed by atoms with Crippen molar-refractivity contribution in [2.24, 2.45) is 0 Å². The van der Waals surface area contributed by atoms with E-state index in [-0.39, 0.29) is 18.1 Å². The van der Waals surface area contributed by atoms with Gasteiger partial charge in [0.15, 0.2) is 6.61 Å². The van der Waals surface area contributed by atoms with Gasteiger partial charge in [0.1, 0.15) is 0 Å². The van der Waals surface area contributed by atoms with Crippen molar-refractivity contribution in [3.8, 4) is 0 Å². The average Bonchev–Trinajstić information content (AvgIpc) is 2.66. The summed E-state index contributed by atoms with van der Waals surface area (Å²) in [6, 6.07) is 12.4. The number of hydrogen-bond acceptors (Lipinski definition) is 5. The number of esters is 1. The quantitative estimate of drug-likeness (QED) is 0.790. The third-order valence-corrected chi connectivity index (χ3v) is 4.90. The van der Waals surface area contributed by atoms with Crippen molar-refractivity contribution in [3.63, 3.8) is 0 Å². The van der Waals surface area contributed by atoms with Crippen LogP contribution in [0.2, 0.25) is 0 Å². The number of thioether (sulfide) groups is 1. The maximum absolute atomic E-state index is 12.1. The number of hydrogen-bond donors (Lipinski definition) is 2. The molecule has 2 aromatic rings. The molecule has 0 unspecified atom stereocenters. The van der Waals surface area contributed by atoms with E-state index in [2.05, 4.69) is 17.6 Å². The summed E-state index contributed by atoms with van der Waals surface area (Å²) >= 11 is 1.41. The van der Waals surface area contributed by atoms with Gasteiger partial charge in [-0.05, 0) is 42.3 Å². The van der Waals surface area contributed by atoms with E-state index in [4.69, 9.17) is 4.74 Å². The van der Waals surface area contributed by atoms with Crippen molar-refractivity contribution in [1.82, 2.24) is 0 Å². The Labute approximate surface area is 155 Å². The van der Waals surface area contributed by atoms with Crippen LogP contribution < -0.4 is 10.6 Å². The molecule has 2 N–H and O–H groups in total. The number of fused-ring (bicyclic) bond motifs is 1. The van der Waals surface area contributed by atoms with Crippen LogP contribution in [0.25, 0.3) is 0 Å². The Morgan fingerprint density at radius 3 is 2.69 bits per heavy atom. The lowest BCUT2D eigenvalue weighted by molar-refractivity contribution is -0.119. The molecule has 0 aromatic heterocycles. The number of anilines is 2. The second-order valence-corrected chi connectivity index (χ2v) is 6.74. The van der Waals surface area contributed by atoms with Gasteiger partial charge in [-0.3, -0.25) is 9.59 Å². The van der Waals surface area contributed by atoms with E-state index in [0.717, 1.165) is 11.3 Å². The van der Waals surface area contributed by atoms with Crippen LogP contribution in [-0.4, -0.2) is 30.1 Å². The van der Waals surface area contributed by atoms with Crippen molar-refractivity contribution in [2.75, 3.05) is 23.0 Å². The van der Waals surface area contributed by atoms with Gasteiger partial charge in [-0.1, -0.05) is 19.1 Å². The van der Waals surface area contributed by atoms with Crippen LogP contribution in [0.3, 0.4) is 0 Å². The first-order valence-electron chi connectivity index (χ1n) is 8.18. The molecule has 7 heteroatoms. The Morgan fingerprint density at radius 1 is 1.19 bits per heavy atom. The molecule has 2 aromatic carbocycles. The number of rotatable bonds is 5. The topological polar surface area (TPSA) is 84.5 Å². The SMILES string of the molecule is CCc1ccc(NC(=O)COC(=O)c2ccc3c(c2)NC(=O)CS3)cc1. The number of nitrogens with one attached hydrogen (secondary N) is 2. The zero-order valence-corrected chi connectivity index (χ0v) is 15.0. The van der Waals surface area contributed by atoms with Gasteiger partial charge in [0.25, 0.3) is 5.91 Å². The number of ether oxygens (including phenoxy) is 1. The average molecular weight is 370 g/mol. The van der Waals surface area contributed by atoms with Crippen LogP contribution in [0.4, 0.5) is 11.4 Å². The lowest BCUT2D eigenvalue weighted by Gasteiger charge is -2.16. The Morgan fingerprint density at radius 2 is 1.96 bits per heavy atom. The van der Waals surface area contributed by atoms with Crippen LogP contribution in [-0.2, 0) is 20.7 Å². The summed E-state index contributed by atoms with van der Waals surface area (Å²) in [6.45, 7) is 1.67. The predicted molar refractivity (Wildman–Crippen MR) is 101 cm³/mol. The first-order valence-corrected chi connectivity index (χ1v) is 9.16. The summed E-state index contributed by atoms with van der Waals surface area (Å²) < 4.78 is 5.05. The zero-order chi connectivity index (χ0) is 18.5. The van der Waals surface area contributed by atoms with Crippen LogP contribution in [0.15, 0.2) is 47.4 Å². The van der Waals surface area contributed by atoms with Gasteiger partial charge >= 0.3 is 5.97 Å². The third-order valence-electron chi connectivity index (χ3n) is 3.83. The predicted octanol–water partition coefficient (Wildman–Crippen LogP) is 3.09. The van der Waals surface area contributed by atoms with E-state index in [1.54, 1.807) is 18.2 Å². The Kier molecular flexibility index (Phi) is 5.58. The first kappa shape index (κ1) is 18.0. The van der Waals surface area contributed by atoms with Crippen molar-refractivity contribution in [1.29, 1.82) is 0 Å². The van der Waals surface area contributed by atoms with Crippen molar-refractivity contribution >= 4 is 40.9 Å². The second kappa shape index (κ2) is 8.05. The fourth-order valence-electron chi connectivity index (χ4n) is 2.45. The molecule has 0 fully saturated rings. The Bertz CT molecular complexity index is 849. The van der Waals surface area contributed by atoms with Gasteiger partial charge in [0.2, 0.25) is 5.91 Å². The highest BCUT2D eigenvalue weighted by molar-refractivity contribution is 8.00. The summed E-state index contributed by atoms with van der Waals surface area (Å²) in [6.07, 6.45) is 0.922. The van der Waals surface area contributed by atoms with Gasteiger partial charge in [0, 0.05) is 10.6 Å². The van der Waals surface area contributed by atoms with Crippen LogP contribution in [0.1, 0.15) is 22.8 Å². The highest BCUT2D eigenvalue weighted by atomic mass is 32.2. The summed E-state index contributed by atoms with van der Waals surface area (Å²) in [7, 11) is 0. The zero-order valence-electron chi connectivity index (χ0n) is 14.2. The number of carbonyl (C=O) groups is 3. The largest absolute Gasteiger partial charge is 0.452 e. The van der Waals surface area contributed by atoms with Crippen molar-refractivity contribution < 1.29 is 19.1 Å². The maximum atomic E-state index is 12.1. The van der Waals surface area contributed by atoms with E-state index in [0.29, 0.717) is 17.1 Å². The molecule has 0 saturated carbocycles. The second-order valence-electron chi connectivity index (χ2n) is 5.72. The smallest absolute Gasteiger partial charge is 0.338 e. The number of aryl methyl sites for hydroxylation is 1. The fraction of sp³-hybridized carbons (Fsp3) is 0.211. The van der Waals surface area contributed by atoms with Gasteiger partial charge in [-0.25, -0.2) is 4.79 Å². The standard InChI is InChI=1S/C19H18N2O4S/c1-2-12-3-6-14(7-4-12)20-17(22)10-25-19(24)13-5-8-16-15(9-13)21-18(23)11-26-16/h3-9H,2,10-11H2,1H3,(H,20,22)(H,21,23). The van der Waals surface area contributed by atoms with E-state index in [9.17, 15) is 14.4 Å². The first-order chi connectivity index (χ1) is 12.5. The van der Waals surface area contributed by atoms with Crippen molar-refractivity contribution in [2.45, 2.75) is 18.2 Å². The van der Waals surface area contributed by atoms with E-state index < -0.39 is 11.9 Å². The molecule has 0 radical (unpaired) electrons. The highest BCUT2D eigenvalue weighted by Crippen LogP contribution is 2.32. The third kappa shape index (κ3) is 4.43. The normalized spacial score (nSPS) is 12.7. The molecule has 1 aliphatic rings. The van der Waals surface area contributed by atoms with Gasteiger partial charge in [-0.2, -0.15) is 0 Å². The van der Waals surface area contributed by atoms with Crippen LogP contribution >= 0.6 is 11.8 Å². The lowest BCUT2D eigenvalue weighted by atomic mass is 10.1. The lowest BCUT2D eigenvalue weighted by Crippen LogP contribution is -2.22. The number of amides is 2. The monoisotopic (exact) mass is 370 g/mol. The molecule has 26 heavy (non-hydrogen) atoms. The summed E-state index contributed by atoms with van der Waals surface area (Å²) in [5.41, 5.74) is 2.69. The minimum atomic E-state index is -0.617. The van der Waals surface area contributed by atoms with E-state index in [1.165, 1.54) is 17.3 Å². The minimum absolute atomic E-state index is 0.110.